The molecule has 8 heteroatoms. The van der Waals surface area contributed by atoms with E-state index in [1.165, 1.54) is 0 Å². The van der Waals surface area contributed by atoms with Gasteiger partial charge in [-0.1, -0.05) is 0 Å². The molecule has 0 aliphatic heterocycles. The van der Waals surface area contributed by atoms with Crippen molar-refractivity contribution in [3.8, 4) is 0 Å². The van der Waals surface area contributed by atoms with Crippen LogP contribution in [0.15, 0.2) is 22.2 Å². The largest absolute Gasteiger partial charge is 0.392 e. The van der Waals surface area contributed by atoms with E-state index in [0.717, 1.165) is 36.7 Å². The predicted molar refractivity (Wildman–Crippen MR) is 62.5 cm³/mol. The van der Waals surface area contributed by atoms with Gasteiger partial charge in [-0.25, -0.2) is 13.5 Å². The fourth-order valence-corrected chi connectivity index (χ4v) is 2.55. The molecular weight excluding hydrogens is 274 g/mol. The zero-order valence-corrected chi connectivity index (χ0v) is 10.6. The van der Waals surface area contributed by atoms with Gasteiger partial charge in [0.15, 0.2) is 0 Å². The van der Waals surface area contributed by atoms with E-state index in [2.05, 4.69) is 15.5 Å². The highest BCUT2D eigenvalue weighted by molar-refractivity contribution is 7.99. The van der Waals surface area contributed by atoms with Gasteiger partial charge in [0, 0.05) is 0 Å². The zero-order valence-electron chi connectivity index (χ0n) is 9.75. The standard InChI is InChI=1S/C11H10F2N4OS/c12-8-3-6(5-18)4-9(13)10(8)19-11-14-15-16-17(11)7-1-2-7/h3-4,7,18H,1-2,5H2. The van der Waals surface area contributed by atoms with E-state index in [-0.39, 0.29) is 16.5 Å². The highest BCUT2D eigenvalue weighted by atomic mass is 32.2. The Labute approximate surface area is 111 Å². The van der Waals surface area contributed by atoms with Crippen LogP contribution in [0.2, 0.25) is 0 Å². The van der Waals surface area contributed by atoms with Gasteiger partial charge in [0.1, 0.15) is 11.6 Å². The average molecular weight is 284 g/mol. The smallest absolute Gasteiger partial charge is 0.214 e. The molecule has 3 rings (SSSR count). The normalized spacial score (nSPS) is 14.9. The minimum Gasteiger partial charge on any atom is -0.392 e. The van der Waals surface area contributed by atoms with Crippen LogP contribution in [0.1, 0.15) is 24.4 Å². The molecule has 100 valence electrons. The van der Waals surface area contributed by atoms with Crippen LogP contribution in [-0.2, 0) is 6.61 Å². The lowest BCUT2D eigenvalue weighted by molar-refractivity contribution is 0.280. The summed E-state index contributed by atoms with van der Waals surface area (Å²) >= 11 is 0.857. The van der Waals surface area contributed by atoms with Crippen molar-refractivity contribution in [3.63, 3.8) is 0 Å². The van der Waals surface area contributed by atoms with Crippen LogP contribution in [0, 0.1) is 11.6 Å². The Bertz CT molecular complexity index is 591. The SMILES string of the molecule is OCc1cc(F)c(Sc2nnnn2C2CC2)c(F)c1. The fourth-order valence-electron chi connectivity index (χ4n) is 1.69. The first-order valence-electron chi connectivity index (χ1n) is 5.73. The van der Waals surface area contributed by atoms with Crippen LogP contribution >= 0.6 is 11.8 Å². The van der Waals surface area contributed by atoms with Gasteiger partial charge < -0.3 is 5.11 Å². The highest BCUT2D eigenvalue weighted by Crippen LogP contribution is 2.39. The van der Waals surface area contributed by atoms with Crippen molar-refractivity contribution in [2.45, 2.75) is 35.5 Å². The molecule has 0 atom stereocenters. The van der Waals surface area contributed by atoms with E-state index < -0.39 is 18.2 Å². The maximum atomic E-state index is 13.8. The molecule has 0 amide bonds. The quantitative estimate of drug-likeness (QED) is 0.929. The van der Waals surface area contributed by atoms with Gasteiger partial charge in [-0.2, -0.15) is 0 Å². The second-order valence-electron chi connectivity index (χ2n) is 4.29. The Balaban J connectivity index is 1.92. The zero-order chi connectivity index (χ0) is 13.4. The van der Waals surface area contributed by atoms with Crippen LogP contribution in [0.4, 0.5) is 8.78 Å². The molecule has 0 saturated heterocycles. The summed E-state index contributed by atoms with van der Waals surface area (Å²) in [6.45, 7) is -0.404. The van der Waals surface area contributed by atoms with Crippen LogP contribution in [0.25, 0.3) is 0 Å². The van der Waals surface area contributed by atoms with Gasteiger partial charge in [-0.3, -0.25) is 0 Å². The highest BCUT2D eigenvalue weighted by Gasteiger charge is 2.29. The summed E-state index contributed by atoms with van der Waals surface area (Å²) in [5.74, 6) is -1.45. The molecule has 0 spiro atoms. The number of aliphatic hydroxyl groups is 1. The van der Waals surface area contributed by atoms with Gasteiger partial charge in [-0.15, -0.1) is 5.10 Å². The Morgan fingerprint density at radius 1 is 1.32 bits per heavy atom. The maximum absolute atomic E-state index is 13.8. The number of halogens is 2. The number of hydrogen-bond acceptors (Lipinski definition) is 5. The van der Waals surface area contributed by atoms with Crippen molar-refractivity contribution in [1.82, 2.24) is 20.2 Å². The molecule has 19 heavy (non-hydrogen) atoms. The Hall–Kier alpha value is -1.54. The number of aromatic nitrogens is 4. The molecule has 5 nitrogen and oxygen atoms in total. The molecule has 0 unspecified atom stereocenters. The number of benzene rings is 1. The second kappa shape index (κ2) is 4.86. The molecule has 1 N–H and O–H groups in total. The summed E-state index contributed by atoms with van der Waals surface area (Å²) in [6, 6.07) is 2.45. The summed E-state index contributed by atoms with van der Waals surface area (Å²) in [5, 5.41) is 20.4. The molecule has 2 aromatic rings. The topological polar surface area (TPSA) is 63.8 Å². The molecule has 1 heterocycles. The molecular formula is C11H10F2N4OS. The molecule has 1 aromatic heterocycles. The number of hydrogen-bond donors (Lipinski definition) is 1. The van der Waals surface area contributed by atoms with Crippen LogP contribution in [0.3, 0.4) is 0 Å². The van der Waals surface area contributed by atoms with Crippen LogP contribution in [-0.4, -0.2) is 25.3 Å². The second-order valence-corrected chi connectivity index (χ2v) is 5.26. The van der Waals surface area contributed by atoms with Crippen LogP contribution < -0.4 is 0 Å². The van der Waals surface area contributed by atoms with Crippen molar-refractivity contribution in [2.24, 2.45) is 0 Å². The van der Waals surface area contributed by atoms with Crippen molar-refractivity contribution >= 4 is 11.8 Å². The molecule has 1 fully saturated rings. The lowest BCUT2D eigenvalue weighted by atomic mass is 10.2. The van der Waals surface area contributed by atoms with Gasteiger partial charge in [0.05, 0.1) is 17.5 Å². The van der Waals surface area contributed by atoms with E-state index in [4.69, 9.17) is 5.11 Å². The average Bonchev–Trinajstić information content (AvgIpc) is 3.13. The van der Waals surface area contributed by atoms with E-state index >= 15 is 0 Å². The Morgan fingerprint density at radius 3 is 2.58 bits per heavy atom. The molecule has 0 radical (unpaired) electrons. The van der Waals surface area contributed by atoms with Gasteiger partial charge >= 0.3 is 0 Å². The lowest BCUT2D eigenvalue weighted by Gasteiger charge is -2.06. The van der Waals surface area contributed by atoms with Crippen molar-refractivity contribution < 1.29 is 13.9 Å². The molecule has 1 aliphatic rings. The third-order valence-electron chi connectivity index (χ3n) is 2.79. The Morgan fingerprint density at radius 2 is 2.00 bits per heavy atom. The fraction of sp³-hybridized carbons (Fsp3) is 0.364. The summed E-state index contributed by atoms with van der Waals surface area (Å²) in [7, 11) is 0. The van der Waals surface area contributed by atoms with Gasteiger partial charge in [-0.05, 0) is 52.7 Å². The number of nitrogens with zero attached hydrogens (tertiary/aromatic N) is 4. The number of rotatable bonds is 4. The minimum atomic E-state index is -0.723. The lowest BCUT2D eigenvalue weighted by Crippen LogP contribution is -2.00. The first kappa shape index (κ1) is 12.5. The first-order chi connectivity index (χ1) is 9.19. The van der Waals surface area contributed by atoms with Crippen molar-refractivity contribution in [2.75, 3.05) is 0 Å². The summed E-state index contributed by atoms with van der Waals surface area (Å²) in [4.78, 5) is -0.158. The van der Waals surface area contributed by atoms with Crippen molar-refractivity contribution in [3.05, 3.63) is 29.3 Å². The summed E-state index contributed by atoms with van der Waals surface area (Å²) in [6.07, 6.45) is 1.96. The Kier molecular flexibility index (Phi) is 3.19. The van der Waals surface area contributed by atoms with Crippen molar-refractivity contribution in [1.29, 1.82) is 0 Å². The van der Waals surface area contributed by atoms with E-state index in [0.29, 0.717) is 5.16 Å². The molecule has 1 aromatic carbocycles. The summed E-state index contributed by atoms with van der Waals surface area (Å²) < 4.78 is 29.2. The maximum Gasteiger partial charge on any atom is 0.214 e. The number of aliphatic hydroxyl groups excluding tert-OH is 1. The molecule has 1 saturated carbocycles. The molecule has 1 aliphatic carbocycles. The monoisotopic (exact) mass is 284 g/mol. The first-order valence-corrected chi connectivity index (χ1v) is 6.55. The number of tetrazole rings is 1. The van der Waals surface area contributed by atoms with Gasteiger partial charge in [0.25, 0.3) is 0 Å². The predicted octanol–water partition coefficient (Wildman–Crippen LogP) is 1.93. The van der Waals surface area contributed by atoms with E-state index in [1.54, 1.807) is 4.68 Å². The van der Waals surface area contributed by atoms with E-state index in [9.17, 15) is 8.78 Å². The minimum absolute atomic E-state index is 0.158. The van der Waals surface area contributed by atoms with Gasteiger partial charge in [0.2, 0.25) is 5.16 Å². The third kappa shape index (κ3) is 2.45. The summed E-state index contributed by atoms with van der Waals surface area (Å²) in [5.41, 5.74) is 0.195. The third-order valence-corrected chi connectivity index (χ3v) is 3.83. The van der Waals surface area contributed by atoms with Crippen LogP contribution in [0.5, 0.6) is 0 Å². The van der Waals surface area contributed by atoms with E-state index in [1.807, 2.05) is 0 Å². The molecule has 0 bridgehead atoms.